The molecule has 1 heterocycles. The van der Waals surface area contributed by atoms with Crippen molar-refractivity contribution in [3.8, 4) is 5.75 Å². The number of aromatic nitrogens is 3. The Morgan fingerprint density at radius 3 is 2.34 bits per heavy atom. The van der Waals surface area contributed by atoms with E-state index in [0.29, 0.717) is 12.5 Å². The molecule has 152 valence electrons. The molecule has 2 aromatic carbocycles. The van der Waals surface area contributed by atoms with Crippen LogP contribution in [0.2, 0.25) is 0 Å². The highest BCUT2D eigenvalue weighted by Gasteiger charge is 2.19. The molecule has 1 atom stereocenters. The molecule has 0 N–H and O–H groups in total. The van der Waals surface area contributed by atoms with Gasteiger partial charge in [0.25, 0.3) is 0 Å². The Hall–Kier alpha value is -2.53. The van der Waals surface area contributed by atoms with Crippen LogP contribution in [0.15, 0.2) is 66.3 Å². The zero-order valence-electron chi connectivity index (χ0n) is 17.6. The Balaban J connectivity index is 1.72. The number of benzene rings is 2. The topological polar surface area (TPSA) is 39.9 Å². The lowest BCUT2D eigenvalue weighted by Gasteiger charge is -2.16. The quantitative estimate of drug-likeness (QED) is 0.307. The third-order valence-electron chi connectivity index (χ3n) is 4.77. The van der Waals surface area contributed by atoms with Gasteiger partial charge in [0.2, 0.25) is 0 Å². The molecule has 1 unspecified atom stereocenters. The molecule has 0 spiro atoms. The number of thioether (sulfide) groups is 1. The van der Waals surface area contributed by atoms with Gasteiger partial charge in [-0.1, -0.05) is 73.6 Å². The first-order valence-electron chi connectivity index (χ1n) is 9.97. The van der Waals surface area contributed by atoms with E-state index in [9.17, 15) is 0 Å². The highest BCUT2D eigenvalue weighted by molar-refractivity contribution is 7.98. The van der Waals surface area contributed by atoms with Crippen molar-refractivity contribution >= 4 is 11.8 Å². The summed E-state index contributed by atoms with van der Waals surface area (Å²) >= 11 is 1.68. The summed E-state index contributed by atoms with van der Waals surface area (Å²) in [7, 11) is 0. The Morgan fingerprint density at radius 2 is 1.72 bits per heavy atom. The molecule has 0 saturated carbocycles. The van der Waals surface area contributed by atoms with Crippen LogP contribution >= 0.6 is 11.8 Å². The molecule has 3 aromatic rings. The predicted molar refractivity (Wildman–Crippen MR) is 121 cm³/mol. The van der Waals surface area contributed by atoms with Crippen molar-refractivity contribution in [1.82, 2.24) is 14.8 Å². The summed E-state index contributed by atoms with van der Waals surface area (Å²) < 4.78 is 8.23. The Morgan fingerprint density at radius 1 is 1.03 bits per heavy atom. The third-order valence-corrected chi connectivity index (χ3v) is 5.81. The zero-order valence-corrected chi connectivity index (χ0v) is 18.4. The lowest BCUT2D eigenvalue weighted by atomic mass is 10.0. The second-order valence-corrected chi connectivity index (χ2v) is 8.44. The van der Waals surface area contributed by atoms with Crippen molar-refractivity contribution in [2.75, 3.05) is 0 Å². The molecule has 4 nitrogen and oxygen atoms in total. The number of aryl methyl sites for hydroxylation is 1. The van der Waals surface area contributed by atoms with E-state index >= 15 is 0 Å². The fraction of sp³-hybridized carbons (Fsp3) is 0.333. The van der Waals surface area contributed by atoms with Crippen molar-refractivity contribution in [1.29, 1.82) is 0 Å². The van der Waals surface area contributed by atoms with E-state index in [0.717, 1.165) is 22.5 Å². The smallest absolute Gasteiger partial charge is 0.191 e. The standard InChI is InChI=1S/C24H29N3OS/c1-6-15-27-23(19(5)28-22-13-11-21(12-14-22)17(2)3)25-26-24(27)29-16-20-9-7-18(4)8-10-20/h6-14,17,19H,1,15-16H2,2-5H3. The van der Waals surface area contributed by atoms with Crippen molar-refractivity contribution in [3.63, 3.8) is 0 Å². The third kappa shape index (κ3) is 5.51. The molecule has 0 aliphatic carbocycles. The highest BCUT2D eigenvalue weighted by atomic mass is 32.2. The Bertz CT molecular complexity index is 930. The normalized spacial score (nSPS) is 12.2. The van der Waals surface area contributed by atoms with E-state index in [1.165, 1.54) is 16.7 Å². The minimum atomic E-state index is -0.207. The highest BCUT2D eigenvalue weighted by Crippen LogP contribution is 2.27. The second-order valence-electron chi connectivity index (χ2n) is 7.50. The van der Waals surface area contributed by atoms with Crippen LogP contribution in [-0.4, -0.2) is 14.8 Å². The molecule has 3 rings (SSSR count). The van der Waals surface area contributed by atoms with Crippen LogP contribution in [0.5, 0.6) is 5.75 Å². The summed E-state index contributed by atoms with van der Waals surface area (Å²) in [6.45, 7) is 13.0. The zero-order chi connectivity index (χ0) is 20.8. The SMILES string of the molecule is C=CCn1c(SCc2ccc(C)cc2)nnc1C(C)Oc1ccc(C(C)C)cc1. The van der Waals surface area contributed by atoms with Gasteiger partial charge in [-0.05, 0) is 43.0 Å². The van der Waals surface area contributed by atoms with Crippen LogP contribution < -0.4 is 4.74 Å². The van der Waals surface area contributed by atoms with Crippen molar-refractivity contribution in [2.45, 2.75) is 57.2 Å². The van der Waals surface area contributed by atoms with Crippen LogP contribution in [0, 0.1) is 6.92 Å². The van der Waals surface area contributed by atoms with Crippen LogP contribution in [0.25, 0.3) is 0 Å². The van der Waals surface area contributed by atoms with Crippen LogP contribution in [-0.2, 0) is 12.3 Å². The molecule has 5 heteroatoms. The molecular formula is C24H29N3OS. The molecule has 0 aliphatic heterocycles. The molecule has 29 heavy (non-hydrogen) atoms. The molecular weight excluding hydrogens is 378 g/mol. The number of ether oxygens (including phenoxy) is 1. The van der Waals surface area contributed by atoms with Gasteiger partial charge < -0.3 is 4.74 Å². The summed E-state index contributed by atoms with van der Waals surface area (Å²) in [5.74, 6) is 3.00. The van der Waals surface area contributed by atoms with Crippen molar-refractivity contribution in [2.24, 2.45) is 0 Å². The minimum absolute atomic E-state index is 0.207. The van der Waals surface area contributed by atoms with Gasteiger partial charge in [-0.3, -0.25) is 4.57 Å². The Labute approximate surface area is 178 Å². The maximum absolute atomic E-state index is 6.14. The van der Waals surface area contributed by atoms with Crippen molar-refractivity contribution < 1.29 is 4.74 Å². The second kappa shape index (κ2) is 9.79. The maximum atomic E-state index is 6.14. The summed E-state index contributed by atoms with van der Waals surface area (Å²) in [5, 5.41) is 9.72. The van der Waals surface area contributed by atoms with Crippen LogP contribution in [0.4, 0.5) is 0 Å². The van der Waals surface area contributed by atoms with Gasteiger partial charge in [-0.15, -0.1) is 16.8 Å². The number of nitrogens with zero attached hydrogens (tertiary/aromatic N) is 3. The Kier molecular flexibility index (Phi) is 7.15. The number of hydrogen-bond acceptors (Lipinski definition) is 4. The van der Waals surface area contributed by atoms with Gasteiger partial charge in [0.15, 0.2) is 17.1 Å². The first kappa shape index (κ1) is 21.2. The lowest BCUT2D eigenvalue weighted by Crippen LogP contribution is -2.12. The number of hydrogen-bond donors (Lipinski definition) is 0. The monoisotopic (exact) mass is 407 g/mol. The van der Waals surface area contributed by atoms with E-state index in [4.69, 9.17) is 4.74 Å². The fourth-order valence-electron chi connectivity index (χ4n) is 3.03. The molecule has 0 aliphatic rings. The molecule has 0 amide bonds. The van der Waals surface area contributed by atoms with Gasteiger partial charge >= 0.3 is 0 Å². The predicted octanol–water partition coefficient (Wildman–Crippen LogP) is 6.33. The van der Waals surface area contributed by atoms with Gasteiger partial charge in [-0.25, -0.2) is 0 Å². The molecule has 0 saturated heterocycles. The van der Waals surface area contributed by atoms with E-state index < -0.39 is 0 Å². The summed E-state index contributed by atoms with van der Waals surface area (Å²) in [6, 6.07) is 16.9. The summed E-state index contributed by atoms with van der Waals surface area (Å²) in [4.78, 5) is 0. The first-order chi connectivity index (χ1) is 14.0. The largest absolute Gasteiger partial charge is 0.483 e. The van der Waals surface area contributed by atoms with Gasteiger partial charge in [-0.2, -0.15) is 0 Å². The average Bonchev–Trinajstić information content (AvgIpc) is 3.11. The summed E-state index contributed by atoms with van der Waals surface area (Å²) in [5.41, 5.74) is 3.84. The van der Waals surface area contributed by atoms with Gasteiger partial charge in [0.1, 0.15) is 5.75 Å². The first-order valence-corrected chi connectivity index (χ1v) is 11.0. The van der Waals surface area contributed by atoms with Gasteiger partial charge in [0.05, 0.1) is 0 Å². The molecule has 0 bridgehead atoms. The van der Waals surface area contributed by atoms with E-state index in [-0.39, 0.29) is 6.10 Å². The minimum Gasteiger partial charge on any atom is -0.483 e. The van der Waals surface area contributed by atoms with Gasteiger partial charge in [0, 0.05) is 12.3 Å². The van der Waals surface area contributed by atoms with E-state index in [1.54, 1.807) is 11.8 Å². The molecule has 1 aromatic heterocycles. The molecule has 0 radical (unpaired) electrons. The van der Waals surface area contributed by atoms with Crippen molar-refractivity contribution in [3.05, 3.63) is 83.7 Å². The maximum Gasteiger partial charge on any atom is 0.191 e. The lowest BCUT2D eigenvalue weighted by molar-refractivity contribution is 0.210. The fourth-order valence-corrected chi connectivity index (χ4v) is 3.94. The van der Waals surface area contributed by atoms with E-state index in [2.05, 4.69) is 78.5 Å². The summed E-state index contributed by atoms with van der Waals surface area (Å²) in [6.07, 6.45) is 1.66. The van der Waals surface area contributed by atoms with Crippen LogP contribution in [0.1, 0.15) is 55.3 Å². The number of allylic oxidation sites excluding steroid dienone is 1. The average molecular weight is 408 g/mol. The number of rotatable bonds is 9. The molecule has 0 fully saturated rings. The van der Waals surface area contributed by atoms with Crippen LogP contribution in [0.3, 0.4) is 0 Å². The van der Waals surface area contributed by atoms with E-state index in [1.807, 2.05) is 25.1 Å².